The van der Waals surface area contributed by atoms with E-state index >= 15 is 0 Å². The first-order chi connectivity index (χ1) is 11.7. The molecule has 24 heavy (non-hydrogen) atoms. The summed E-state index contributed by atoms with van der Waals surface area (Å²) in [7, 11) is 0. The molecule has 1 aliphatic heterocycles. The van der Waals surface area contributed by atoms with Gasteiger partial charge in [-0.05, 0) is 50.3 Å². The first-order valence-corrected chi connectivity index (χ1v) is 8.53. The molecule has 2 heterocycles. The van der Waals surface area contributed by atoms with Gasteiger partial charge in [-0.25, -0.2) is 0 Å². The lowest BCUT2D eigenvalue weighted by molar-refractivity contribution is -0.134. The number of carbonyl (C=O) groups excluding carboxylic acids is 1. The average molecular weight is 327 g/mol. The number of aryl methyl sites for hydroxylation is 1. The van der Waals surface area contributed by atoms with Crippen molar-refractivity contribution in [2.24, 2.45) is 0 Å². The Balaban J connectivity index is 1.40. The number of rotatable bonds is 5. The second kappa shape index (κ2) is 6.26. The minimum Gasteiger partial charge on any atom is -0.484 e. The molecule has 2 fully saturated rings. The molecule has 126 valence electrons. The predicted octanol–water partition coefficient (Wildman–Crippen LogP) is 3.00. The highest BCUT2D eigenvalue weighted by atomic mass is 16.5. The molecule has 6 nitrogen and oxygen atoms in total. The van der Waals surface area contributed by atoms with Gasteiger partial charge in [0.1, 0.15) is 11.8 Å². The Hall–Kier alpha value is -2.37. The van der Waals surface area contributed by atoms with E-state index in [1.165, 1.54) is 0 Å². The molecule has 0 radical (unpaired) electrons. The van der Waals surface area contributed by atoms with Gasteiger partial charge in [-0.1, -0.05) is 17.3 Å². The van der Waals surface area contributed by atoms with Crippen LogP contribution in [0.4, 0.5) is 0 Å². The van der Waals surface area contributed by atoms with Gasteiger partial charge in [0.2, 0.25) is 5.89 Å². The molecule has 1 saturated heterocycles. The number of likely N-dealkylation sites (tertiary alicyclic amines) is 1. The average Bonchev–Trinajstić information content (AvgIpc) is 3.11. The lowest BCUT2D eigenvalue weighted by Gasteiger charge is -2.21. The summed E-state index contributed by atoms with van der Waals surface area (Å²) in [6, 6.07) is 7.60. The summed E-state index contributed by atoms with van der Waals surface area (Å²) in [5, 5.41) is 4.06. The van der Waals surface area contributed by atoms with E-state index < -0.39 is 0 Å². The molecule has 1 atom stereocenters. The van der Waals surface area contributed by atoms with Crippen LogP contribution >= 0.6 is 0 Å². The van der Waals surface area contributed by atoms with Gasteiger partial charge >= 0.3 is 0 Å². The highest BCUT2D eigenvalue weighted by Gasteiger charge is 2.36. The number of hydrogen-bond acceptors (Lipinski definition) is 5. The maximum atomic E-state index is 12.6. The Bertz CT molecular complexity index is 739. The van der Waals surface area contributed by atoms with Crippen molar-refractivity contribution in [2.45, 2.75) is 44.6 Å². The highest BCUT2D eigenvalue weighted by Crippen LogP contribution is 2.39. The number of nitrogens with zero attached hydrogens (tertiary/aromatic N) is 3. The molecule has 2 aliphatic rings. The van der Waals surface area contributed by atoms with E-state index in [2.05, 4.69) is 10.1 Å². The predicted molar refractivity (Wildman–Crippen MR) is 86.6 cm³/mol. The van der Waals surface area contributed by atoms with Gasteiger partial charge in [0.05, 0.1) is 0 Å². The first kappa shape index (κ1) is 15.2. The van der Waals surface area contributed by atoms with Gasteiger partial charge in [0.25, 0.3) is 5.91 Å². The fraction of sp³-hybridized carbons (Fsp3) is 0.500. The van der Waals surface area contributed by atoms with Crippen molar-refractivity contribution in [2.75, 3.05) is 13.2 Å². The number of aromatic nitrogens is 2. The maximum absolute atomic E-state index is 12.6. The van der Waals surface area contributed by atoms with Crippen molar-refractivity contribution in [3.8, 4) is 5.75 Å². The normalized spacial score (nSPS) is 20.4. The minimum absolute atomic E-state index is 0.0313. The van der Waals surface area contributed by atoms with Gasteiger partial charge in [0.15, 0.2) is 12.4 Å². The topological polar surface area (TPSA) is 68.5 Å². The highest BCUT2D eigenvalue weighted by molar-refractivity contribution is 5.78. The van der Waals surface area contributed by atoms with Crippen LogP contribution in [0.5, 0.6) is 5.75 Å². The summed E-state index contributed by atoms with van der Waals surface area (Å²) >= 11 is 0. The number of benzene rings is 1. The van der Waals surface area contributed by atoms with Crippen LogP contribution in [0.25, 0.3) is 0 Å². The smallest absolute Gasteiger partial charge is 0.261 e. The summed E-state index contributed by atoms with van der Waals surface area (Å²) in [6.45, 7) is 2.74. The van der Waals surface area contributed by atoms with Gasteiger partial charge < -0.3 is 14.2 Å². The van der Waals surface area contributed by atoms with Crippen molar-refractivity contribution >= 4 is 5.91 Å². The van der Waals surface area contributed by atoms with Crippen LogP contribution in [0.3, 0.4) is 0 Å². The molecule has 1 aromatic heterocycles. The zero-order valence-corrected chi connectivity index (χ0v) is 13.8. The van der Waals surface area contributed by atoms with Crippen LogP contribution in [-0.2, 0) is 4.79 Å². The Morgan fingerprint density at radius 2 is 2.25 bits per heavy atom. The molecule has 1 unspecified atom stereocenters. The maximum Gasteiger partial charge on any atom is 0.261 e. The number of carbonyl (C=O) groups is 1. The molecule has 0 N–H and O–H groups in total. The van der Waals surface area contributed by atoms with Crippen molar-refractivity contribution in [3.63, 3.8) is 0 Å². The van der Waals surface area contributed by atoms with Gasteiger partial charge in [0, 0.05) is 12.5 Å². The lowest BCUT2D eigenvalue weighted by Crippen LogP contribution is -2.34. The minimum atomic E-state index is -0.112. The SMILES string of the molecule is Cc1cccc(OCC(=O)N2CCCC2c2nc(C3CC3)no2)c1. The quantitative estimate of drug-likeness (QED) is 0.844. The Labute approximate surface area is 140 Å². The third kappa shape index (κ3) is 3.13. The van der Waals surface area contributed by atoms with Crippen molar-refractivity contribution < 1.29 is 14.1 Å². The third-order valence-corrected chi connectivity index (χ3v) is 4.61. The number of ether oxygens (including phenoxy) is 1. The Kier molecular flexibility index (Phi) is 3.96. The van der Waals surface area contributed by atoms with Crippen molar-refractivity contribution in [1.82, 2.24) is 15.0 Å². The molecule has 2 aromatic rings. The molecule has 0 spiro atoms. The van der Waals surface area contributed by atoms with Crippen molar-refractivity contribution in [1.29, 1.82) is 0 Å². The van der Waals surface area contributed by atoms with E-state index in [0.717, 1.165) is 37.1 Å². The van der Waals surface area contributed by atoms with E-state index in [1.54, 1.807) is 4.90 Å². The fourth-order valence-electron chi connectivity index (χ4n) is 3.15. The van der Waals surface area contributed by atoms with E-state index in [9.17, 15) is 4.79 Å². The van der Waals surface area contributed by atoms with E-state index in [0.29, 0.717) is 24.1 Å². The molecule has 1 saturated carbocycles. The summed E-state index contributed by atoms with van der Waals surface area (Å²) < 4.78 is 11.1. The number of hydrogen-bond donors (Lipinski definition) is 0. The zero-order valence-electron chi connectivity index (χ0n) is 13.8. The van der Waals surface area contributed by atoms with Gasteiger partial charge in [-0.15, -0.1) is 0 Å². The molecule has 4 rings (SSSR count). The van der Waals surface area contributed by atoms with Gasteiger partial charge in [-0.2, -0.15) is 4.98 Å². The van der Waals surface area contributed by atoms with Crippen LogP contribution in [0, 0.1) is 6.92 Å². The summed E-state index contributed by atoms with van der Waals surface area (Å²) in [4.78, 5) is 18.9. The first-order valence-electron chi connectivity index (χ1n) is 8.53. The molecule has 0 bridgehead atoms. The second-order valence-electron chi connectivity index (χ2n) is 6.62. The molecule has 1 aromatic carbocycles. The van der Waals surface area contributed by atoms with Crippen LogP contribution in [0.1, 0.15) is 54.9 Å². The van der Waals surface area contributed by atoms with Gasteiger partial charge in [-0.3, -0.25) is 4.79 Å². The van der Waals surface area contributed by atoms with Crippen molar-refractivity contribution in [3.05, 3.63) is 41.5 Å². The molecular weight excluding hydrogens is 306 g/mol. The van der Waals surface area contributed by atoms with E-state index in [-0.39, 0.29) is 18.6 Å². The van der Waals surface area contributed by atoms with Crippen LogP contribution < -0.4 is 4.74 Å². The fourth-order valence-corrected chi connectivity index (χ4v) is 3.15. The molecule has 1 aliphatic carbocycles. The van der Waals surface area contributed by atoms with E-state index in [4.69, 9.17) is 9.26 Å². The van der Waals surface area contributed by atoms with E-state index in [1.807, 2.05) is 31.2 Å². The molecule has 1 amide bonds. The zero-order chi connectivity index (χ0) is 16.5. The van der Waals surface area contributed by atoms with Crippen LogP contribution in [0.15, 0.2) is 28.8 Å². The Morgan fingerprint density at radius 1 is 1.38 bits per heavy atom. The summed E-state index contributed by atoms with van der Waals surface area (Å²) in [6.07, 6.45) is 4.08. The molecular formula is C18H21N3O3. The number of amides is 1. The third-order valence-electron chi connectivity index (χ3n) is 4.61. The largest absolute Gasteiger partial charge is 0.484 e. The summed E-state index contributed by atoms with van der Waals surface area (Å²) in [5.74, 6) is 2.49. The Morgan fingerprint density at radius 3 is 3.04 bits per heavy atom. The second-order valence-corrected chi connectivity index (χ2v) is 6.62. The van der Waals surface area contributed by atoms with Crippen LogP contribution in [-0.4, -0.2) is 34.1 Å². The lowest BCUT2D eigenvalue weighted by atomic mass is 10.2. The molecule has 6 heteroatoms. The standard InChI is InChI=1S/C18H21N3O3/c1-12-4-2-5-14(10-12)23-11-16(22)21-9-3-6-15(21)18-19-17(20-24-18)13-7-8-13/h2,4-5,10,13,15H,3,6-9,11H2,1H3. The van der Waals surface area contributed by atoms with Crippen LogP contribution in [0.2, 0.25) is 0 Å². The monoisotopic (exact) mass is 327 g/mol. The summed E-state index contributed by atoms with van der Waals surface area (Å²) in [5.41, 5.74) is 1.11.